The number of likely N-dealkylation sites (tertiary alicyclic amines) is 1. The Morgan fingerprint density at radius 2 is 1.80 bits per heavy atom. The lowest BCUT2D eigenvalue weighted by atomic mass is 10.2. The summed E-state index contributed by atoms with van der Waals surface area (Å²) in [5, 5.41) is 0. The van der Waals surface area contributed by atoms with Crippen molar-refractivity contribution in [3.8, 4) is 5.75 Å². The van der Waals surface area contributed by atoms with Crippen molar-refractivity contribution in [3.05, 3.63) is 30.3 Å². The van der Waals surface area contributed by atoms with Gasteiger partial charge in [0.25, 0.3) is 0 Å². The average Bonchev–Trinajstić information content (AvgIpc) is 2.77. The Morgan fingerprint density at radius 3 is 2.50 bits per heavy atom. The molecule has 1 aromatic rings. The van der Waals surface area contributed by atoms with Crippen molar-refractivity contribution in [2.24, 2.45) is 0 Å². The van der Waals surface area contributed by atoms with Crippen LogP contribution in [-0.4, -0.2) is 34.7 Å². The SMILES string of the molecule is S=C(SCCCOc1ccccc1)N1CCCCCC1. The first kappa shape index (κ1) is 15.6. The van der Waals surface area contributed by atoms with Crippen LogP contribution in [0.4, 0.5) is 0 Å². The molecule has 2 rings (SSSR count). The van der Waals surface area contributed by atoms with Crippen LogP contribution in [-0.2, 0) is 0 Å². The lowest BCUT2D eigenvalue weighted by Gasteiger charge is -2.22. The normalized spacial score (nSPS) is 15.7. The Kier molecular flexibility index (Phi) is 7.23. The van der Waals surface area contributed by atoms with Crippen LogP contribution >= 0.6 is 24.0 Å². The van der Waals surface area contributed by atoms with Crippen LogP contribution in [0.2, 0.25) is 0 Å². The highest BCUT2D eigenvalue weighted by atomic mass is 32.2. The third-order valence-corrected chi connectivity index (χ3v) is 5.00. The molecule has 1 heterocycles. The van der Waals surface area contributed by atoms with Crippen molar-refractivity contribution < 1.29 is 4.74 Å². The quantitative estimate of drug-likeness (QED) is 0.592. The number of hydrogen-bond donors (Lipinski definition) is 0. The molecule has 0 amide bonds. The minimum Gasteiger partial charge on any atom is -0.494 e. The molecule has 1 fully saturated rings. The number of hydrogen-bond acceptors (Lipinski definition) is 3. The lowest BCUT2D eigenvalue weighted by Crippen LogP contribution is -2.28. The molecule has 0 aromatic heterocycles. The summed E-state index contributed by atoms with van der Waals surface area (Å²) in [6, 6.07) is 9.99. The van der Waals surface area contributed by atoms with E-state index in [-0.39, 0.29) is 0 Å². The number of nitrogens with zero attached hydrogens (tertiary/aromatic N) is 1. The van der Waals surface area contributed by atoms with Crippen molar-refractivity contribution >= 4 is 28.3 Å². The van der Waals surface area contributed by atoms with E-state index in [0.29, 0.717) is 0 Å². The van der Waals surface area contributed by atoms with Gasteiger partial charge in [-0.15, -0.1) is 0 Å². The molecule has 4 heteroatoms. The molecular weight excluding hydrogens is 286 g/mol. The van der Waals surface area contributed by atoms with E-state index < -0.39 is 0 Å². The fourth-order valence-electron chi connectivity index (χ4n) is 2.27. The fourth-order valence-corrected chi connectivity index (χ4v) is 3.50. The van der Waals surface area contributed by atoms with Crippen LogP contribution < -0.4 is 4.74 Å². The zero-order valence-electron chi connectivity index (χ0n) is 11.9. The first-order valence-electron chi connectivity index (χ1n) is 7.46. The van der Waals surface area contributed by atoms with Gasteiger partial charge in [-0.25, -0.2) is 0 Å². The monoisotopic (exact) mass is 309 g/mol. The van der Waals surface area contributed by atoms with Gasteiger partial charge in [0.15, 0.2) is 0 Å². The molecule has 1 aliphatic rings. The molecule has 1 saturated heterocycles. The summed E-state index contributed by atoms with van der Waals surface area (Å²) < 4.78 is 6.76. The van der Waals surface area contributed by atoms with Gasteiger partial charge in [-0.3, -0.25) is 0 Å². The van der Waals surface area contributed by atoms with Crippen LogP contribution in [0.25, 0.3) is 0 Å². The average molecular weight is 310 g/mol. The summed E-state index contributed by atoms with van der Waals surface area (Å²) in [6.07, 6.45) is 6.33. The van der Waals surface area contributed by atoms with Gasteiger partial charge in [-0.05, 0) is 31.4 Å². The smallest absolute Gasteiger partial charge is 0.136 e. The molecule has 0 N–H and O–H groups in total. The number of benzene rings is 1. The molecule has 0 aliphatic carbocycles. The molecule has 110 valence electrons. The molecule has 0 unspecified atom stereocenters. The van der Waals surface area contributed by atoms with E-state index in [1.54, 1.807) is 11.8 Å². The van der Waals surface area contributed by atoms with Crippen molar-refractivity contribution in [2.45, 2.75) is 32.1 Å². The largest absolute Gasteiger partial charge is 0.494 e. The fraction of sp³-hybridized carbons (Fsp3) is 0.562. The highest BCUT2D eigenvalue weighted by Gasteiger charge is 2.12. The summed E-state index contributed by atoms with van der Waals surface area (Å²) in [5.74, 6) is 2.00. The van der Waals surface area contributed by atoms with E-state index in [9.17, 15) is 0 Å². The van der Waals surface area contributed by atoms with Crippen LogP contribution in [0, 0.1) is 0 Å². The first-order chi connectivity index (χ1) is 9.86. The van der Waals surface area contributed by atoms with Gasteiger partial charge in [-0.1, -0.05) is 55.0 Å². The van der Waals surface area contributed by atoms with Crippen LogP contribution in [0.5, 0.6) is 5.75 Å². The topological polar surface area (TPSA) is 12.5 Å². The summed E-state index contributed by atoms with van der Waals surface area (Å²) in [5.41, 5.74) is 0. The second-order valence-corrected chi connectivity index (χ2v) is 6.76. The van der Waals surface area contributed by atoms with Crippen molar-refractivity contribution in [1.29, 1.82) is 0 Å². The Hall–Kier alpha value is -0.740. The molecule has 2 nitrogen and oxygen atoms in total. The van der Waals surface area contributed by atoms with E-state index >= 15 is 0 Å². The molecule has 0 saturated carbocycles. The van der Waals surface area contributed by atoms with Gasteiger partial charge >= 0.3 is 0 Å². The Bertz CT molecular complexity index is 389. The maximum absolute atomic E-state index is 5.68. The number of ether oxygens (including phenoxy) is 1. The summed E-state index contributed by atoms with van der Waals surface area (Å²) in [4.78, 5) is 2.38. The number of thiocarbonyl (C=S) groups is 1. The Balaban J connectivity index is 1.57. The molecule has 1 aliphatic heterocycles. The minimum atomic E-state index is 0.764. The number of para-hydroxylation sites is 1. The van der Waals surface area contributed by atoms with Gasteiger partial charge in [0.05, 0.1) is 6.61 Å². The van der Waals surface area contributed by atoms with Crippen molar-refractivity contribution in [2.75, 3.05) is 25.4 Å². The van der Waals surface area contributed by atoms with Crippen molar-refractivity contribution in [3.63, 3.8) is 0 Å². The maximum Gasteiger partial charge on any atom is 0.136 e. The zero-order valence-corrected chi connectivity index (χ0v) is 13.6. The van der Waals surface area contributed by atoms with E-state index in [4.69, 9.17) is 17.0 Å². The Labute approximate surface area is 131 Å². The summed E-state index contributed by atoms with van der Waals surface area (Å²) in [6.45, 7) is 3.05. The van der Waals surface area contributed by atoms with E-state index in [2.05, 4.69) is 4.90 Å². The number of rotatable bonds is 5. The highest BCUT2D eigenvalue weighted by molar-refractivity contribution is 8.22. The van der Waals surface area contributed by atoms with Crippen LogP contribution in [0.3, 0.4) is 0 Å². The summed E-state index contributed by atoms with van der Waals surface area (Å²) >= 11 is 7.33. The second-order valence-electron chi connectivity index (χ2n) is 5.03. The highest BCUT2D eigenvalue weighted by Crippen LogP contribution is 2.17. The van der Waals surface area contributed by atoms with Gasteiger partial charge in [-0.2, -0.15) is 0 Å². The van der Waals surface area contributed by atoms with Gasteiger partial charge in [0, 0.05) is 18.8 Å². The Morgan fingerprint density at radius 1 is 1.10 bits per heavy atom. The molecule has 0 radical (unpaired) electrons. The van der Waals surface area contributed by atoms with E-state index in [1.807, 2.05) is 30.3 Å². The predicted octanol–water partition coefficient (Wildman–Crippen LogP) is 4.35. The molecule has 1 aromatic carbocycles. The first-order valence-corrected chi connectivity index (χ1v) is 8.85. The van der Waals surface area contributed by atoms with Crippen LogP contribution in [0.15, 0.2) is 30.3 Å². The van der Waals surface area contributed by atoms with E-state index in [0.717, 1.165) is 41.9 Å². The second kappa shape index (κ2) is 9.24. The zero-order chi connectivity index (χ0) is 14.0. The predicted molar refractivity (Wildman–Crippen MR) is 91.7 cm³/mol. The standard InChI is InChI=1S/C16H23NOS2/c19-16(17-11-6-1-2-7-12-17)20-14-8-13-18-15-9-4-3-5-10-15/h3-5,9-10H,1-2,6-8,11-14H2. The van der Waals surface area contributed by atoms with E-state index in [1.165, 1.54) is 25.7 Å². The summed E-state index contributed by atoms with van der Waals surface area (Å²) in [7, 11) is 0. The maximum atomic E-state index is 5.68. The molecule has 0 bridgehead atoms. The molecular formula is C16H23NOS2. The van der Waals surface area contributed by atoms with Gasteiger partial charge in [0.1, 0.15) is 10.1 Å². The minimum absolute atomic E-state index is 0.764. The molecule has 20 heavy (non-hydrogen) atoms. The number of thioether (sulfide) groups is 1. The van der Waals surface area contributed by atoms with Crippen molar-refractivity contribution in [1.82, 2.24) is 4.90 Å². The third kappa shape index (κ3) is 5.71. The third-order valence-electron chi connectivity index (χ3n) is 3.39. The lowest BCUT2D eigenvalue weighted by molar-refractivity contribution is 0.319. The van der Waals surface area contributed by atoms with Gasteiger partial charge in [0.2, 0.25) is 0 Å². The molecule has 0 atom stereocenters. The van der Waals surface area contributed by atoms with Crippen LogP contribution in [0.1, 0.15) is 32.1 Å². The molecule has 0 spiro atoms. The van der Waals surface area contributed by atoms with Gasteiger partial charge < -0.3 is 9.64 Å².